The Morgan fingerprint density at radius 3 is 3.27 bits per heavy atom. The number of hydrogen-bond acceptors (Lipinski definition) is 3. The Hall–Kier alpha value is -0.840. The second-order valence-electron chi connectivity index (χ2n) is 1.74. The van der Waals surface area contributed by atoms with E-state index in [0.29, 0.717) is 17.1 Å². The number of hydrogen-bond donors (Lipinski definition) is 1. The molecule has 0 radical (unpaired) electrons. The van der Waals surface area contributed by atoms with Crippen molar-refractivity contribution in [3.63, 3.8) is 0 Å². The molecule has 0 aliphatic heterocycles. The van der Waals surface area contributed by atoms with Crippen LogP contribution in [-0.2, 0) is 4.84 Å². The summed E-state index contributed by atoms with van der Waals surface area (Å²) < 4.78 is 0.573. The SMILES string of the molecule is CCO/N=C(\Br)c1ncc[nH]1. The quantitative estimate of drug-likeness (QED) is 0.617. The Balaban J connectivity index is 2.62. The third-order valence-corrected chi connectivity index (χ3v) is 1.49. The molecule has 1 N–H and O–H groups in total. The maximum absolute atomic E-state index is 4.80. The van der Waals surface area contributed by atoms with E-state index in [9.17, 15) is 0 Å². The second kappa shape index (κ2) is 4.12. The van der Waals surface area contributed by atoms with E-state index in [1.54, 1.807) is 12.4 Å². The van der Waals surface area contributed by atoms with Crippen molar-refractivity contribution in [2.75, 3.05) is 6.61 Å². The van der Waals surface area contributed by atoms with Crippen LogP contribution in [0.15, 0.2) is 17.5 Å². The summed E-state index contributed by atoms with van der Waals surface area (Å²) >= 11 is 3.20. The molecule has 0 aliphatic rings. The van der Waals surface area contributed by atoms with Crippen molar-refractivity contribution in [3.8, 4) is 0 Å². The van der Waals surface area contributed by atoms with Gasteiger partial charge < -0.3 is 9.82 Å². The number of aromatic nitrogens is 2. The van der Waals surface area contributed by atoms with Crippen LogP contribution in [0.1, 0.15) is 12.7 Å². The normalized spacial score (nSPS) is 11.6. The largest absolute Gasteiger partial charge is 0.395 e. The number of nitrogens with one attached hydrogen (secondary N) is 1. The van der Waals surface area contributed by atoms with Crippen LogP contribution in [0.5, 0.6) is 0 Å². The molecule has 0 saturated heterocycles. The Labute approximate surface area is 72.8 Å². The highest BCUT2D eigenvalue weighted by Crippen LogP contribution is 2.00. The average Bonchev–Trinajstić information content (AvgIpc) is 2.52. The molecular weight excluding hydrogens is 210 g/mol. The molecule has 0 unspecified atom stereocenters. The minimum atomic E-state index is 0.551. The molecule has 0 bridgehead atoms. The maximum atomic E-state index is 4.80. The van der Waals surface area contributed by atoms with E-state index in [1.165, 1.54) is 0 Å². The first kappa shape index (κ1) is 8.26. The van der Waals surface area contributed by atoms with Crippen LogP contribution in [0.3, 0.4) is 0 Å². The smallest absolute Gasteiger partial charge is 0.187 e. The molecule has 0 spiro atoms. The van der Waals surface area contributed by atoms with E-state index in [4.69, 9.17) is 4.84 Å². The zero-order valence-corrected chi connectivity index (χ0v) is 7.63. The van der Waals surface area contributed by atoms with Gasteiger partial charge in [-0.2, -0.15) is 0 Å². The third kappa shape index (κ3) is 2.34. The van der Waals surface area contributed by atoms with Crippen LogP contribution in [0, 0.1) is 0 Å². The van der Waals surface area contributed by atoms with Gasteiger partial charge in [-0.25, -0.2) is 4.98 Å². The van der Waals surface area contributed by atoms with E-state index in [2.05, 4.69) is 31.1 Å². The molecule has 0 amide bonds. The van der Waals surface area contributed by atoms with Gasteiger partial charge in [0.2, 0.25) is 0 Å². The Bertz CT molecular complexity index is 232. The van der Waals surface area contributed by atoms with Gasteiger partial charge in [0.15, 0.2) is 10.4 Å². The van der Waals surface area contributed by atoms with Crippen LogP contribution in [0.2, 0.25) is 0 Å². The molecule has 1 aromatic rings. The predicted molar refractivity (Wildman–Crippen MR) is 45.7 cm³/mol. The number of imidazole rings is 1. The molecule has 1 aromatic heterocycles. The highest BCUT2D eigenvalue weighted by atomic mass is 79.9. The van der Waals surface area contributed by atoms with E-state index >= 15 is 0 Å². The van der Waals surface area contributed by atoms with Gasteiger partial charge in [-0.3, -0.25) is 0 Å². The number of oxime groups is 1. The Morgan fingerprint density at radius 1 is 1.91 bits per heavy atom. The zero-order valence-electron chi connectivity index (χ0n) is 6.04. The summed E-state index contributed by atoms with van der Waals surface area (Å²) in [5.74, 6) is 0.665. The molecular formula is C6H8BrN3O. The first-order chi connectivity index (χ1) is 5.34. The monoisotopic (exact) mass is 217 g/mol. The summed E-state index contributed by atoms with van der Waals surface area (Å²) in [5, 5.41) is 3.72. The predicted octanol–water partition coefficient (Wildman–Crippen LogP) is 1.50. The zero-order chi connectivity index (χ0) is 8.10. The van der Waals surface area contributed by atoms with Crippen molar-refractivity contribution < 1.29 is 4.84 Å². The molecule has 4 nitrogen and oxygen atoms in total. The van der Waals surface area contributed by atoms with Crippen LogP contribution >= 0.6 is 15.9 Å². The molecule has 60 valence electrons. The van der Waals surface area contributed by atoms with E-state index < -0.39 is 0 Å². The summed E-state index contributed by atoms with van der Waals surface area (Å²) in [6.45, 7) is 2.42. The topological polar surface area (TPSA) is 50.3 Å². The lowest BCUT2D eigenvalue weighted by Gasteiger charge is -1.93. The molecule has 0 atom stereocenters. The molecule has 1 heterocycles. The Kier molecular flexibility index (Phi) is 3.10. The number of nitrogens with zero attached hydrogens (tertiary/aromatic N) is 2. The molecule has 11 heavy (non-hydrogen) atoms. The first-order valence-corrected chi connectivity index (χ1v) is 3.99. The van der Waals surface area contributed by atoms with Gasteiger partial charge in [0.05, 0.1) is 0 Å². The summed E-state index contributed by atoms with van der Waals surface area (Å²) in [7, 11) is 0. The molecule has 0 fully saturated rings. The van der Waals surface area contributed by atoms with Gasteiger partial charge in [0, 0.05) is 12.4 Å². The average molecular weight is 218 g/mol. The van der Waals surface area contributed by atoms with Gasteiger partial charge in [-0.1, -0.05) is 5.16 Å². The van der Waals surface area contributed by atoms with E-state index in [0.717, 1.165) is 0 Å². The van der Waals surface area contributed by atoms with Gasteiger partial charge in [0.1, 0.15) is 6.61 Å². The van der Waals surface area contributed by atoms with Crippen LogP contribution in [0.4, 0.5) is 0 Å². The molecule has 0 aromatic carbocycles. The standard InChI is InChI=1S/C6H8BrN3O/c1-2-11-10-5(7)6-8-3-4-9-6/h3-4H,2H2,1H3,(H,8,9)/b10-5-. The molecule has 0 saturated carbocycles. The van der Waals surface area contributed by atoms with Crippen molar-refractivity contribution in [2.24, 2.45) is 5.16 Å². The summed E-state index contributed by atoms with van der Waals surface area (Å²) in [6.07, 6.45) is 3.37. The third-order valence-electron chi connectivity index (χ3n) is 0.967. The van der Waals surface area contributed by atoms with Crippen molar-refractivity contribution in [2.45, 2.75) is 6.92 Å². The van der Waals surface area contributed by atoms with Crippen LogP contribution < -0.4 is 0 Å². The fourth-order valence-corrected chi connectivity index (χ4v) is 0.862. The molecule has 5 heteroatoms. The minimum Gasteiger partial charge on any atom is -0.395 e. The maximum Gasteiger partial charge on any atom is 0.187 e. The fraction of sp³-hybridized carbons (Fsp3) is 0.333. The Morgan fingerprint density at radius 2 is 2.73 bits per heavy atom. The van der Waals surface area contributed by atoms with E-state index in [1.807, 2.05) is 6.92 Å². The van der Waals surface area contributed by atoms with E-state index in [-0.39, 0.29) is 0 Å². The van der Waals surface area contributed by atoms with Crippen LogP contribution in [-0.4, -0.2) is 21.2 Å². The fourth-order valence-electron chi connectivity index (χ4n) is 0.543. The van der Waals surface area contributed by atoms with Crippen molar-refractivity contribution in [1.29, 1.82) is 0 Å². The highest BCUT2D eigenvalue weighted by Gasteiger charge is 2.00. The minimum absolute atomic E-state index is 0.551. The first-order valence-electron chi connectivity index (χ1n) is 3.19. The van der Waals surface area contributed by atoms with Crippen LogP contribution in [0.25, 0.3) is 0 Å². The lowest BCUT2D eigenvalue weighted by Crippen LogP contribution is -1.94. The number of rotatable bonds is 3. The molecule has 1 rings (SSSR count). The van der Waals surface area contributed by atoms with Gasteiger partial charge in [-0.15, -0.1) is 0 Å². The second-order valence-corrected chi connectivity index (χ2v) is 2.49. The number of aromatic amines is 1. The van der Waals surface area contributed by atoms with Crippen molar-refractivity contribution in [1.82, 2.24) is 9.97 Å². The van der Waals surface area contributed by atoms with Crippen molar-refractivity contribution >= 4 is 20.6 Å². The van der Waals surface area contributed by atoms with Gasteiger partial charge >= 0.3 is 0 Å². The van der Waals surface area contributed by atoms with Gasteiger partial charge in [-0.05, 0) is 22.9 Å². The lowest BCUT2D eigenvalue weighted by atomic mass is 10.7. The van der Waals surface area contributed by atoms with Gasteiger partial charge in [0.25, 0.3) is 0 Å². The number of H-pyrrole nitrogens is 1. The summed E-state index contributed by atoms with van der Waals surface area (Å²) in [6, 6.07) is 0. The molecule has 0 aliphatic carbocycles. The summed E-state index contributed by atoms with van der Waals surface area (Å²) in [4.78, 5) is 11.6. The number of halogens is 1. The van der Waals surface area contributed by atoms with Crippen molar-refractivity contribution in [3.05, 3.63) is 18.2 Å². The summed E-state index contributed by atoms with van der Waals surface area (Å²) in [5.41, 5.74) is 0. The highest BCUT2D eigenvalue weighted by molar-refractivity contribution is 9.18. The lowest BCUT2D eigenvalue weighted by molar-refractivity contribution is 0.160.